The third-order valence-electron chi connectivity index (χ3n) is 3.61. The lowest BCUT2D eigenvalue weighted by Gasteiger charge is -2.14. The fourth-order valence-electron chi connectivity index (χ4n) is 2.61. The molecule has 0 N–H and O–H groups in total. The van der Waals surface area contributed by atoms with E-state index in [4.69, 9.17) is 0 Å². The van der Waals surface area contributed by atoms with Crippen molar-refractivity contribution < 1.29 is 0 Å². The highest BCUT2D eigenvalue weighted by molar-refractivity contribution is 7.09. The summed E-state index contributed by atoms with van der Waals surface area (Å²) in [7, 11) is 0. The maximum absolute atomic E-state index is 12.4. The van der Waals surface area contributed by atoms with Crippen LogP contribution in [-0.4, -0.2) is 14.1 Å². The number of nitrogens with zero attached hydrogens (tertiary/aromatic N) is 3. The minimum atomic E-state index is -0.243. The number of thiazole rings is 1. The maximum atomic E-state index is 12.4. The zero-order valence-electron chi connectivity index (χ0n) is 10.5. The number of hydrogen-bond acceptors (Lipinski definition) is 4. The van der Waals surface area contributed by atoms with E-state index in [2.05, 4.69) is 4.98 Å². The van der Waals surface area contributed by atoms with Crippen LogP contribution >= 0.6 is 11.3 Å². The standard InChI is InChI=1S/C13H15N3O2S/c17-12-5-6-15(10-3-1-2-4-10)13(18)16(12)8-11-7-14-9-19-11/h5-7,9-10H,1-4,8H2. The Balaban J connectivity index is 2.01. The van der Waals surface area contributed by atoms with Gasteiger partial charge in [0.25, 0.3) is 5.56 Å². The Labute approximate surface area is 114 Å². The Bertz CT molecular complexity index is 666. The predicted molar refractivity (Wildman–Crippen MR) is 73.7 cm³/mol. The lowest BCUT2D eigenvalue weighted by atomic mass is 10.2. The molecule has 0 amide bonds. The minimum Gasteiger partial charge on any atom is -0.297 e. The molecule has 19 heavy (non-hydrogen) atoms. The van der Waals surface area contributed by atoms with Crippen LogP contribution in [0.25, 0.3) is 0 Å². The second-order valence-corrected chi connectivity index (χ2v) is 5.81. The number of rotatable bonds is 3. The zero-order chi connectivity index (χ0) is 13.2. The van der Waals surface area contributed by atoms with E-state index in [0.29, 0.717) is 6.54 Å². The smallest absolute Gasteiger partial charge is 0.297 e. The molecule has 0 unspecified atom stereocenters. The van der Waals surface area contributed by atoms with Gasteiger partial charge in [0.1, 0.15) is 0 Å². The largest absolute Gasteiger partial charge is 0.331 e. The fourth-order valence-corrected chi connectivity index (χ4v) is 3.20. The Morgan fingerprint density at radius 3 is 2.79 bits per heavy atom. The summed E-state index contributed by atoms with van der Waals surface area (Å²) in [6.07, 6.45) is 7.71. The minimum absolute atomic E-state index is 0.201. The number of hydrogen-bond donors (Lipinski definition) is 0. The Kier molecular flexibility index (Phi) is 3.33. The second kappa shape index (κ2) is 5.13. The zero-order valence-corrected chi connectivity index (χ0v) is 11.3. The third-order valence-corrected chi connectivity index (χ3v) is 4.38. The molecule has 2 heterocycles. The number of aromatic nitrogens is 3. The molecule has 2 aromatic heterocycles. The highest BCUT2D eigenvalue weighted by Gasteiger charge is 2.19. The maximum Gasteiger partial charge on any atom is 0.331 e. The van der Waals surface area contributed by atoms with Gasteiger partial charge in [0.05, 0.1) is 12.1 Å². The van der Waals surface area contributed by atoms with E-state index < -0.39 is 0 Å². The molecule has 0 radical (unpaired) electrons. The van der Waals surface area contributed by atoms with E-state index in [9.17, 15) is 9.59 Å². The molecule has 0 saturated heterocycles. The molecule has 1 fully saturated rings. The quantitative estimate of drug-likeness (QED) is 0.857. The van der Waals surface area contributed by atoms with Gasteiger partial charge in [-0.25, -0.2) is 4.79 Å². The lowest BCUT2D eigenvalue weighted by Crippen LogP contribution is -2.40. The van der Waals surface area contributed by atoms with E-state index in [1.165, 1.54) is 22.0 Å². The van der Waals surface area contributed by atoms with Crippen LogP contribution in [0.15, 0.2) is 33.6 Å². The Morgan fingerprint density at radius 2 is 2.11 bits per heavy atom. The van der Waals surface area contributed by atoms with Crippen molar-refractivity contribution in [2.24, 2.45) is 0 Å². The molecule has 0 aromatic carbocycles. The van der Waals surface area contributed by atoms with Crippen molar-refractivity contribution in [1.82, 2.24) is 14.1 Å². The summed E-state index contributed by atoms with van der Waals surface area (Å²) >= 11 is 1.45. The van der Waals surface area contributed by atoms with E-state index in [1.807, 2.05) is 0 Å². The van der Waals surface area contributed by atoms with Crippen LogP contribution in [0.4, 0.5) is 0 Å². The Hall–Kier alpha value is -1.69. The van der Waals surface area contributed by atoms with Crippen LogP contribution in [0.2, 0.25) is 0 Å². The first kappa shape index (κ1) is 12.3. The summed E-state index contributed by atoms with van der Waals surface area (Å²) in [6, 6.07) is 1.74. The van der Waals surface area contributed by atoms with Crippen LogP contribution in [0.1, 0.15) is 36.6 Å². The molecule has 2 aromatic rings. The average molecular weight is 277 g/mol. The van der Waals surface area contributed by atoms with Crippen LogP contribution < -0.4 is 11.2 Å². The van der Waals surface area contributed by atoms with E-state index in [0.717, 1.165) is 30.6 Å². The molecule has 3 rings (SSSR count). The molecule has 1 aliphatic rings. The lowest BCUT2D eigenvalue weighted by molar-refractivity contribution is 0.467. The SMILES string of the molecule is O=c1ccn(C2CCCC2)c(=O)n1Cc1cncs1. The summed E-state index contributed by atoms with van der Waals surface area (Å²) in [5, 5.41) is 0. The molecular formula is C13H15N3O2S. The van der Waals surface area contributed by atoms with Gasteiger partial charge in [0.15, 0.2) is 0 Å². The van der Waals surface area contributed by atoms with Gasteiger partial charge in [-0.1, -0.05) is 12.8 Å². The molecule has 0 aliphatic heterocycles. The monoisotopic (exact) mass is 277 g/mol. The summed E-state index contributed by atoms with van der Waals surface area (Å²) in [6.45, 7) is 0.315. The third kappa shape index (κ3) is 2.40. The van der Waals surface area contributed by atoms with Crippen molar-refractivity contribution in [1.29, 1.82) is 0 Å². The van der Waals surface area contributed by atoms with E-state index in [1.54, 1.807) is 22.5 Å². The molecular weight excluding hydrogens is 262 g/mol. The molecule has 0 spiro atoms. The van der Waals surface area contributed by atoms with Gasteiger partial charge in [0.2, 0.25) is 0 Å². The van der Waals surface area contributed by atoms with Gasteiger partial charge >= 0.3 is 5.69 Å². The van der Waals surface area contributed by atoms with Crippen LogP contribution in [0, 0.1) is 0 Å². The predicted octanol–water partition coefficient (Wildman–Crippen LogP) is 1.63. The van der Waals surface area contributed by atoms with Gasteiger partial charge in [-0.2, -0.15) is 0 Å². The van der Waals surface area contributed by atoms with Gasteiger partial charge in [-0.3, -0.25) is 18.9 Å². The molecule has 0 atom stereocenters. The molecule has 1 saturated carbocycles. The summed E-state index contributed by atoms with van der Waals surface area (Å²) in [5.74, 6) is 0. The van der Waals surface area contributed by atoms with E-state index >= 15 is 0 Å². The Morgan fingerprint density at radius 1 is 1.32 bits per heavy atom. The van der Waals surface area contributed by atoms with Crippen molar-refractivity contribution in [3.05, 3.63) is 49.7 Å². The van der Waals surface area contributed by atoms with Crippen molar-refractivity contribution in [3.8, 4) is 0 Å². The summed E-state index contributed by atoms with van der Waals surface area (Å²) in [4.78, 5) is 29.2. The van der Waals surface area contributed by atoms with Crippen LogP contribution in [-0.2, 0) is 6.54 Å². The molecule has 5 nitrogen and oxygen atoms in total. The van der Waals surface area contributed by atoms with Gasteiger partial charge in [-0.05, 0) is 12.8 Å². The first-order valence-corrected chi connectivity index (χ1v) is 7.33. The van der Waals surface area contributed by atoms with Gasteiger partial charge < -0.3 is 0 Å². The normalized spacial score (nSPS) is 16.0. The van der Waals surface area contributed by atoms with Gasteiger partial charge in [0, 0.05) is 29.4 Å². The highest BCUT2D eigenvalue weighted by atomic mass is 32.1. The molecule has 6 heteroatoms. The molecule has 0 bridgehead atoms. The van der Waals surface area contributed by atoms with Crippen LogP contribution in [0.3, 0.4) is 0 Å². The highest BCUT2D eigenvalue weighted by Crippen LogP contribution is 2.27. The van der Waals surface area contributed by atoms with Crippen LogP contribution in [0.5, 0.6) is 0 Å². The first-order valence-electron chi connectivity index (χ1n) is 6.45. The second-order valence-electron chi connectivity index (χ2n) is 4.84. The summed E-state index contributed by atoms with van der Waals surface area (Å²) in [5.41, 5.74) is 1.26. The van der Waals surface area contributed by atoms with Gasteiger partial charge in [-0.15, -0.1) is 11.3 Å². The van der Waals surface area contributed by atoms with Crippen molar-refractivity contribution in [3.63, 3.8) is 0 Å². The molecule has 1 aliphatic carbocycles. The van der Waals surface area contributed by atoms with Crippen molar-refractivity contribution in [2.45, 2.75) is 38.3 Å². The topological polar surface area (TPSA) is 56.9 Å². The fraction of sp³-hybridized carbons (Fsp3) is 0.462. The van der Waals surface area contributed by atoms with Crippen molar-refractivity contribution >= 4 is 11.3 Å². The average Bonchev–Trinajstić information content (AvgIpc) is 3.07. The molecule has 100 valence electrons. The summed E-state index contributed by atoms with van der Waals surface area (Å²) < 4.78 is 3.02. The van der Waals surface area contributed by atoms with E-state index in [-0.39, 0.29) is 17.3 Å². The van der Waals surface area contributed by atoms with Crippen molar-refractivity contribution in [2.75, 3.05) is 0 Å². The first-order chi connectivity index (χ1) is 9.25.